The number of ether oxygens (including phenoxy) is 1. The Bertz CT molecular complexity index is 1690. The van der Waals surface area contributed by atoms with Gasteiger partial charge >= 0.3 is 6.18 Å². The SMILES string of the molecule is Cc1cc(C(F)(F)F)nc2sc3c(ncn4nc(COc5ccc(-c6ccccc6)cc5)nc34)c12. The number of thiophene rings is 1. The van der Waals surface area contributed by atoms with E-state index < -0.39 is 11.9 Å². The lowest BCUT2D eigenvalue weighted by Gasteiger charge is -2.06. The molecule has 6 aromatic rings. The topological polar surface area (TPSA) is 65.2 Å². The fourth-order valence-corrected chi connectivity index (χ4v) is 5.16. The molecule has 0 spiro atoms. The summed E-state index contributed by atoms with van der Waals surface area (Å²) in [6.45, 7) is 1.76. The highest BCUT2D eigenvalue weighted by atomic mass is 32.1. The maximum absolute atomic E-state index is 13.2. The Labute approximate surface area is 200 Å². The second-order valence-electron chi connectivity index (χ2n) is 8.00. The monoisotopic (exact) mass is 491 g/mol. The third kappa shape index (κ3) is 3.85. The van der Waals surface area contributed by atoms with Crippen molar-refractivity contribution in [1.82, 2.24) is 24.6 Å². The first-order valence-corrected chi connectivity index (χ1v) is 11.5. The number of benzene rings is 2. The maximum Gasteiger partial charge on any atom is 0.433 e. The van der Waals surface area contributed by atoms with Gasteiger partial charge in [-0.3, -0.25) is 0 Å². The summed E-state index contributed by atoms with van der Waals surface area (Å²) in [7, 11) is 0. The van der Waals surface area contributed by atoms with Crippen molar-refractivity contribution in [3.8, 4) is 16.9 Å². The number of rotatable bonds is 4. The van der Waals surface area contributed by atoms with Gasteiger partial charge in [0.25, 0.3) is 0 Å². The van der Waals surface area contributed by atoms with E-state index in [1.165, 1.54) is 10.8 Å². The lowest BCUT2D eigenvalue weighted by Crippen LogP contribution is -2.07. The average molecular weight is 491 g/mol. The first-order chi connectivity index (χ1) is 16.9. The van der Waals surface area contributed by atoms with Crippen molar-refractivity contribution in [3.63, 3.8) is 0 Å². The van der Waals surface area contributed by atoms with Crippen LogP contribution in [0.3, 0.4) is 0 Å². The van der Waals surface area contributed by atoms with Crippen LogP contribution in [0.15, 0.2) is 67.0 Å². The highest BCUT2D eigenvalue weighted by Crippen LogP contribution is 2.38. The smallest absolute Gasteiger partial charge is 0.433 e. The van der Waals surface area contributed by atoms with E-state index in [1.54, 1.807) is 6.92 Å². The molecule has 4 heterocycles. The van der Waals surface area contributed by atoms with Crippen LogP contribution in [0.2, 0.25) is 0 Å². The number of halogens is 3. The molecule has 0 bridgehead atoms. The zero-order valence-electron chi connectivity index (χ0n) is 18.2. The molecule has 0 saturated carbocycles. The van der Waals surface area contributed by atoms with Crippen LogP contribution in [0.25, 0.3) is 37.2 Å². The van der Waals surface area contributed by atoms with E-state index >= 15 is 0 Å². The predicted molar refractivity (Wildman–Crippen MR) is 127 cm³/mol. The van der Waals surface area contributed by atoms with Crippen LogP contribution in [0, 0.1) is 6.92 Å². The third-order valence-electron chi connectivity index (χ3n) is 5.63. The molecule has 6 rings (SSSR count). The van der Waals surface area contributed by atoms with Crippen LogP contribution >= 0.6 is 11.3 Å². The molecule has 0 aliphatic heterocycles. The minimum atomic E-state index is -4.52. The van der Waals surface area contributed by atoms with Gasteiger partial charge in [-0.2, -0.15) is 13.2 Å². The Balaban J connectivity index is 1.30. The number of aromatic nitrogens is 5. The molecule has 0 radical (unpaired) electrons. The van der Waals surface area contributed by atoms with Crippen molar-refractivity contribution in [2.45, 2.75) is 19.7 Å². The van der Waals surface area contributed by atoms with Gasteiger partial charge in [0.1, 0.15) is 33.9 Å². The van der Waals surface area contributed by atoms with E-state index in [1.807, 2.05) is 54.6 Å². The third-order valence-corrected chi connectivity index (χ3v) is 6.70. The molecule has 10 heteroatoms. The molecule has 0 unspecified atom stereocenters. The normalized spacial score (nSPS) is 12.1. The minimum absolute atomic E-state index is 0.133. The molecule has 0 N–H and O–H groups in total. The van der Waals surface area contributed by atoms with Crippen LogP contribution in [0.4, 0.5) is 13.2 Å². The molecule has 35 heavy (non-hydrogen) atoms. The van der Waals surface area contributed by atoms with Gasteiger partial charge < -0.3 is 4.74 Å². The summed E-state index contributed by atoms with van der Waals surface area (Å²) in [5, 5.41) is 5.01. The Hall–Kier alpha value is -4.05. The largest absolute Gasteiger partial charge is 0.486 e. The summed E-state index contributed by atoms with van der Waals surface area (Å²) < 4.78 is 47.7. The molecule has 0 fully saturated rings. The first kappa shape index (κ1) is 21.5. The quantitative estimate of drug-likeness (QED) is 0.283. The Morgan fingerprint density at radius 2 is 1.71 bits per heavy atom. The Kier molecular flexibility index (Phi) is 4.92. The predicted octanol–water partition coefficient (Wildman–Crippen LogP) is 6.46. The first-order valence-electron chi connectivity index (χ1n) is 10.7. The summed E-state index contributed by atoms with van der Waals surface area (Å²) >= 11 is 1.13. The molecular weight excluding hydrogens is 475 g/mol. The molecule has 0 amide bonds. The van der Waals surface area contributed by atoms with Crippen molar-refractivity contribution in [2.24, 2.45) is 0 Å². The highest BCUT2D eigenvalue weighted by Gasteiger charge is 2.33. The van der Waals surface area contributed by atoms with Gasteiger partial charge in [0.05, 0.1) is 5.52 Å². The average Bonchev–Trinajstić information content (AvgIpc) is 3.44. The van der Waals surface area contributed by atoms with Gasteiger partial charge in [-0.15, -0.1) is 16.4 Å². The summed E-state index contributed by atoms with van der Waals surface area (Å²) in [5.74, 6) is 1.11. The van der Waals surface area contributed by atoms with Crippen molar-refractivity contribution in [1.29, 1.82) is 0 Å². The van der Waals surface area contributed by atoms with E-state index in [9.17, 15) is 13.2 Å². The molecular formula is C25H16F3N5OS. The van der Waals surface area contributed by atoms with E-state index in [0.29, 0.717) is 38.4 Å². The summed E-state index contributed by atoms with van der Waals surface area (Å²) in [5.41, 5.74) is 2.82. The zero-order chi connectivity index (χ0) is 24.2. The van der Waals surface area contributed by atoms with E-state index in [-0.39, 0.29) is 11.4 Å². The van der Waals surface area contributed by atoms with Crippen LogP contribution in [-0.4, -0.2) is 24.6 Å². The van der Waals surface area contributed by atoms with Gasteiger partial charge in [-0.1, -0.05) is 42.5 Å². The van der Waals surface area contributed by atoms with E-state index in [4.69, 9.17) is 4.74 Å². The van der Waals surface area contributed by atoms with Crippen LogP contribution in [0.5, 0.6) is 5.75 Å². The van der Waals surface area contributed by atoms with Gasteiger partial charge in [-0.05, 0) is 41.8 Å². The molecule has 0 aliphatic rings. The zero-order valence-corrected chi connectivity index (χ0v) is 19.1. The van der Waals surface area contributed by atoms with Crippen molar-refractivity contribution in [3.05, 3.63) is 84.1 Å². The van der Waals surface area contributed by atoms with Gasteiger partial charge in [0.2, 0.25) is 0 Å². The Morgan fingerprint density at radius 1 is 0.971 bits per heavy atom. The molecule has 174 valence electrons. The lowest BCUT2D eigenvalue weighted by molar-refractivity contribution is -0.141. The molecule has 0 atom stereocenters. The molecule has 2 aromatic carbocycles. The maximum atomic E-state index is 13.2. The van der Waals surface area contributed by atoms with Gasteiger partial charge in [0, 0.05) is 5.39 Å². The van der Waals surface area contributed by atoms with Crippen LogP contribution in [-0.2, 0) is 12.8 Å². The highest BCUT2D eigenvalue weighted by molar-refractivity contribution is 7.26. The second kappa shape index (κ2) is 8.02. The number of fused-ring (bicyclic) bond motifs is 5. The molecule has 6 nitrogen and oxygen atoms in total. The molecule has 4 aromatic heterocycles. The molecule has 0 saturated heterocycles. The van der Waals surface area contributed by atoms with Gasteiger partial charge in [0.15, 0.2) is 11.5 Å². The van der Waals surface area contributed by atoms with E-state index in [0.717, 1.165) is 28.5 Å². The fraction of sp³-hybridized carbons (Fsp3) is 0.120. The number of alkyl halides is 3. The van der Waals surface area contributed by atoms with Crippen LogP contribution < -0.4 is 4.74 Å². The standard InChI is InChI=1S/C25H16F3N5OS/c1-14-11-18(25(26,27)28)30-24-20(14)21-22(35-24)23-31-19(32-33(23)13-29-21)12-34-17-9-7-16(8-10-17)15-5-3-2-4-6-15/h2-11,13H,12H2,1H3. The molecule has 0 aliphatic carbocycles. The fourth-order valence-electron chi connectivity index (χ4n) is 3.98. The number of hydrogen-bond donors (Lipinski definition) is 0. The lowest BCUT2D eigenvalue weighted by atomic mass is 10.1. The number of hydrogen-bond acceptors (Lipinski definition) is 6. The summed E-state index contributed by atoms with van der Waals surface area (Å²) in [6.07, 6.45) is -3.01. The summed E-state index contributed by atoms with van der Waals surface area (Å²) in [6, 6.07) is 18.8. The second-order valence-corrected chi connectivity index (χ2v) is 9.00. The van der Waals surface area contributed by atoms with Crippen LogP contribution in [0.1, 0.15) is 17.1 Å². The van der Waals surface area contributed by atoms with Crippen molar-refractivity contribution >= 4 is 37.4 Å². The number of aryl methyl sites for hydroxylation is 1. The van der Waals surface area contributed by atoms with Gasteiger partial charge in [-0.25, -0.2) is 19.5 Å². The van der Waals surface area contributed by atoms with Crippen molar-refractivity contribution in [2.75, 3.05) is 0 Å². The number of nitrogens with zero attached hydrogens (tertiary/aromatic N) is 5. The Morgan fingerprint density at radius 3 is 2.46 bits per heavy atom. The van der Waals surface area contributed by atoms with E-state index in [2.05, 4.69) is 20.1 Å². The summed E-state index contributed by atoms with van der Waals surface area (Å²) in [4.78, 5) is 13.1. The minimum Gasteiger partial charge on any atom is -0.486 e. The van der Waals surface area contributed by atoms with Crippen molar-refractivity contribution < 1.29 is 17.9 Å². The number of pyridine rings is 1.